The summed E-state index contributed by atoms with van der Waals surface area (Å²) in [5, 5.41) is 3.97. The van der Waals surface area contributed by atoms with Gasteiger partial charge in [-0.2, -0.15) is 4.98 Å². The number of nitrogens with zero attached hydrogens (tertiary/aromatic N) is 4. The first-order valence-corrected chi connectivity index (χ1v) is 12.8. The van der Waals surface area contributed by atoms with Crippen LogP contribution in [0, 0.1) is 0 Å². The van der Waals surface area contributed by atoms with E-state index in [1.54, 1.807) is 31.3 Å². The second kappa shape index (κ2) is 10.8. The molecule has 0 unspecified atom stereocenters. The minimum absolute atomic E-state index is 0.145. The molecule has 1 heterocycles. The Morgan fingerprint density at radius 3 is 2.64 bits per heavy atom. The standard InChI is InChI=1S/C22H25BrN4O5S/c1-26(15-20-24-22(25-32-20)16-8-6-9-17(23)14-16)21(28)12-7-13-27(33(3,29)30)18-10-4-5-11-19(18)31-2/h4-6,8-11,14H,7,12-13,15H2,1-3H3. The number of amides is 1. The number of methoxy groups -OCH3 is 1. The minimum Gasteiger partial charge on any atom is -0.495 e. The molecule has 2 aromatic carbocycles. The Labute approximate surface area is 201 Å². The van der Waals surface area contributed by atoms with Gasteiger partial charge in [-0.15, -0.1) is 0 Å². The van der Waals surface area contributed by atoms with Crippen molar-refractivity contribution in [3.8, 4) is 17.1 Å². The minimum atomic E-state index is -3.55. The van der Waals surface area contributed by atoms with Crippen LogP contribution in [0.25, 0.3) is 11.4 Å². The third-order valence-corrected chi connectivity index (χ3v) is 6.53. The van der Waals surface area contributed by atoms with Crippen molar-refractivity contribution < 1.29 is 22.5 Å². The van der Waals surface area contributed by atoms with Gasteiger partial charge in [0.1, 0.15) is 5.75 Å². The van der Waals surface area contributed by atoms with Crippen LogP contribution in [0.2, 0.25) is 0 Å². The highest BCUT2D eigenvalue weighted by Crippen LogP contribution is 2.29. The van der Waals surface area contributed by atoms with E-state index >= 15 is 0 Å². The molecule has 0 radical (unpaired) electrons. The fraction of sp³-hybridized carbons (Fsp3) is 0.318. The molecule has 0 fully saturated rings. The van der Waals surface area contributed by atoms with Crippen LogP contribution in [0.5, 0.6) is 5.75 Å². The van der Waals surface area contributed by atoms with Crippen LogP contribution in [0.15, 0.2) is 57.5 Å². The van der Waals surface area contributed by atoms with Gasteiger partial charge >= 0.3 is 0 Å². The number of carbonyl (C=O) groups excluding carboxylic acids is 1. The lowest BCUT2D eigenvalue weighted by Gasteiger charge is -2.24. The highest BCUT2D eigenvalue weighted by Gasteiger charge is 2.22. The van der Waals surface area contributed by atoms with Crippen LogP contribution in [0.3, 0.4) is 0 Å². The van der Waals surface area contributed by atoms with Gasteiger partial charge in [-0.25, -0.2) is 8.42 Å². The van der Waals surface area contributed by atoms with Gasteiger partial charge in [0.15, 0.2) is 0 Å². The summed E-state index contributed by atoms with van der Waals surface area (Å²) in [5.41, 5.74) is 1.24. The zero-order chi connectivity index (χ0) is 24.0. The lowest BCUT2D eigenvalue weighted by Crippen LogP contribution is -2.32. The number of aromatic nitrogens is 2. The zero-order valence-electron chi connectivity index (χ0n) is 18.6. The van der Waals surface area contributed by atoms with E-state index in [4.69, 9.17) is 9.26 Å². The van der Waals surface area contributed by atoms with E-state index in [9.17, 15) is 13.2 Å². The number of halogens is 1. The number of ether oxygens (including phenoxy) is 1. The van der Waals surface area contributed by atoms with Crippen molar-refractivity contribution in [3.63, 3.8) is 0 Å². The summed E-state index contributed by atoms with van der Waals surface area (Å²) in [6.45, 7) is 0.300. The van der Waals surface area contributed by atoms with Gasteiger partial charge in [0.25, 0.3) is 0 Å². The molecule has 33 heavy (non-hydrogen) atoms. The number of para-hydroxylation sites is 2. The molecule has 0 saturated carbocycles. The van der Waals surface area contributed by atoms with Gasteiger partial charge < -0.3 is 14.2 Å². The predicted octanol–water partition coefficient (Wildman–Crippen LogP) is 3.71. The first kappa shape index (κ1) is 24.7. The van der Waals surface area contributed by atoms with Crippen LogP contribution in [0.4, 0.5) is 5.69 Å². The van der Waals surface area contributed by atoms with Crippen LogP contribution < -0.4 is 9.04 Å². The summed E-state index contributed by atoms with van der Waals surface area (Å²) in [5.74, 6) is 1.04. The summed E-state index contributed by atoms with van der Waals surface area (Å²) < 4.78 is 37.4. The Kier molecular flexibility index (Phi) is 8.09. The van der Waals surface area contributed by atoms with Gasteiger partial charge in [0.2, 0.25) is 27.6 Å². The molecule has 0 N–H and O–H groups in total. The summed E-state index contributed by atoms with van der Waals surface area (Å²) >= 11 is 3.41. The lowest BCUT2D eigenvalue weighted by molar-refractivity contribution is -0.130. The average molecular weight is 537 g/mol. The maximum atomic E-state index is 12.6. The molecule has 11 heteroatoms. The van der Waals surface area contributed by atoms with Crippen molar-refractivity contribution in [2.24, 2.45) is 0 Å². The molecule has 9 nitrogen and oxygen atoms in total. The summed E-state index contributed by atoms with van der Waals surface area (Å²) in [4.78, 5) is 18.4. The van der Waals surface area contributed by atoms with E-state index in [1.165, 1.54) is 16.3 Å². The van der Waals surface area contributed by atoms with Crippen LogP contribution in [0.1, 0.15) is 18.7 Å². The third kappa shape index (κ3) is 6.55. The molecule has 0 saturated heterocycles. The lowest BCUT2D eigenvalue weighted by atomic mass is 10.2. The maximum absolute atomic E-state index is 12.6. The highest BCUT2D eigenvalue weighted by molar-refractivity contribution is 9.10. The molecule has 1 aromatic heterocycles. The summed E-state index contributed by atoms with van der Waals surface area (Å²) in [6, 6.07) is 14.4. The van der Waals surface area contributed by atoms with E-state index in [0.29, 0.717) is 29.6 Å². The fourth-order valence-electron chi connectivity index (χ4n) is 3.22. The highest BCUT2D eigenvalue weighted by atomic mass is 79.9. The van der Waals surface area contributed by atoms with Crippen molar-refractivity contribution in [2.45, 2.75) is 19.4 Å². The molecule has 3 aromatic rings. The maximum Gasteiger partial charge on any atom is 0.246 e. The van der Waals surface area contributed by atoms with Gasteiger partial charge in [0, 0.05) is 30.0 Å². The quantitative estimate of drug-likeness (QED) is 0.388. The van der Waals surface area contributed by atoms with E-state index in [0.717, 1.165) is 16.3 Å². The molecule has 0 spiro atoms. The Hall–Kier alpha value is -2.92. The van der Waals surface area contributed by atoms with Crippen LogP contribution in [-0.2, 0) is 21.4 Å². The summed E-state index contributed by atoms with van der Waals surface area (Å²) in [6.07, 6.45) is 1.62. The number of hydrogen-bond donors (Lipinski definition) is 0. The number of anilines is 1. The van der Waals surface area contributed by atoms with Gasteiger partial charge in [0.05, 0.1) is 25.6 Å². The monoisotopic (exact) mass is 536 g/mol. The van der Waals surface area contributed by atoms with Crippen molar-refractivity contribution in [2.75, 3.05) is 31.3 Å². The topological polar surface area (TPSA) is 106 Å². The zero-order valence-corrected chi connectivity index (χ0v) is 21.0. The fourth-order valence-corrected chi connectivity index (χ4v) is 4.59. The van der Waals surface area contributed by atoms with Crippen LogP contribution in [-0.4, -0.2) is 56.3 Å². The van der Waals surface area contributed by atoms with E-state index in [-0.39, 0.29) is 25.4 Å². The normalized spacial score (nSPS) is 11.3. The molecule has 1 amide bonds. The Morgan fingerprint density at radius 2 is 1.94 bits per heavy atom. The first-order valence-electron chi connectivity index (χ1n) is 10.1. The van der Waals surface area contributed by atoms with Crippen molar-refractivity contribution in [3.05, 3.63) is 58.9 Å². The number of rotatable bonds is 10. The molecular weight excluding hydrogens is 512 g/mol. The second-order valence-corrected chi connectivity index (χ2v) is 10.2. The molecule has 0 aliphatic rings. The summed E-state index contributed by atoms with van der Waals surface area (Å²) in [7, 11) is -0.430. The van der Waals surface area contributed by atoms with Gasteiger partial charge in [-0.3, -0.25) is 9.10 Å². The Morgan fingerprint density at radius 1 is 1.18 bits per heavy atom. The number of carbonyl (C=O) groups is 1. The van der Waals surface area contributed by atoms with Crippen LogP contribution >= 0.6 is 15.9 Å². The largest absolute Gasteiger partial charge is 0.495 e. The molecule has 0 bridgehead atoms. The average Bonchev–Trinajstić information content (AvgIpc) is 3.24. The Bertz CT molecular complexity index is 1210. The molecule has 3 rings (SSSR count). The first-order chi connectivity index (χ1) is 15.7. The number of hydrogen-bond acceptors (Lipinski definition) is 7. The van der Waals surface area contributed by atoms with Gasteiger partial charge in [-0.05, 0) is 30.7 Å². The second-order valence-electron chi connectivity index (χ2n) is 7.38. The van der Waals surface area contributed by atoms with Crippen molar-refractivity contribution >= 4 is 37.5 Å². The molecule has 0 aliphatic carbocycles. The smallest absolute Gasteiger partial charge is 0.246 e. The molecular formula is C22H25BrN4O5S. The van der Waals surface area contributed by atoms with E-state index in [1.807, 2.05) is 24.3 Å². The SMILES string of the molecule is COc1ccccc1N(CCCC(=O)N(C)Cc1nc(-c2cccc(Br)c2)no1)S(C)(=O)=O. The van der Waals surface area contributed by atoms with Crippen molar-refractivity contribution in [1.29, 1.82) is 0 Å². The van der Waals surface area contributed by atoms with E-state index in [2.05, 4.69) is 26.1 Å². The predicted molar refractivity (Wildman–Crippen MR) is 128 cm³/mol. The van der Waals surface area contributed by atoms with Gasteiger partial charge in [-0.1, -0.05) is 45.4 Å². The molecule has 0 aliphatic heterocycles. The van der Waals surface area contributed by atoms with E-state index < -0.39 is 10.0 Å². The Balaban J connectivity index is 1.59. The number of sulfonamides is 1. The molecule has 0 atom stereocenters. The third-order valence-electron chi connectivity index (χ3n) is 4.86. The van der Waals surface area contributed by atoms with Crippen molar-refractivity contribution in [1.82, 2.24) is 15.0 Å². The molecule has 176 valence electrons. The number of benzene rings is 2.